The Balaban J connectivity index is 2.08. The Morgan fingerprint density at radius 1 is 1.18 bits per heavy atom. The number of amides is 1. The molecule has 0 aliphatic carbocycles. The summed E-state index contributed by atoms with van der Waals surface area (Å²) in [5.74, 6) is 0.149. The molecule has 1 aromatic rings. The molecule has 1 saturated heterocycles. The standard InChI is InChI=1S/C21H32N2O4S/c1-3-4-5-7-14-22-21(24)13-11-18-10-12-19(27-2)20(17-18)28(25,26)23-15-8-6-9-16-23/h10-13,17H,3-9,14-16H2,1-2H3,(H,22,24)/b13-11+. The second-order valence-electron chi connectivity index (χ2n) is 7.06. The normalized spacial score (nSPS) is 15.6. The molecule has 156 valence electrons. The van der Waals surface area contributed by atoms with Crippen molar-refractivity contribution in [3.05, 3.63) is 29.8 Å². The maximum absolute atomic E-state index is 13.0. The van der Waals surface area contributed by atoms with Gasteiger partial charge >= 0.3 is 0 Å². The number of piperidine rings is 1. The number of nitrogens with zero attached hydrogens (tertiary/aromatic N) is 1. The number of nitrogens with one attached hydrogen (secondary N) is 1. The molecule has 1 aliphatic rings. The maximum atomic E-state index is 13.0. The van der Waals surface area contributed by atoms with Crippen LogP contribution >= 0.6 is 0 Å². The van der Waals surface area contributed by atoms with Gasteiger partial charge < -0.3 is 10.1 Å². The molecule has 6 nitrogen and oxygen atoms in total. The first-order valence-electron chi connectivity index (χ1n) is 10.1. The predicted molar refractivity (Wildman–Crippen MR) is 112 cm³/mol. The second kappa shape index (κ2) is 11.2. The fourth-order valence-corrected chi connectivity index (χ4v) is 4.94. The van der Waals surface area contributed by atoms with E-state index in [-0.39, 0.29) is 10.8 Å². The summed E-state index contributed by atoms with van der Waals surface area (Å²) >= 11 is 0. The minimum absolute atomic E-state index is 0.152. The first-order chi connectivity index (χ1) is 13.5. The maximum Gasteiger partial charge on any atom is 0.246 e. The Morgan fingerprint density at radius 2 is 1.93 bits per heavy atom. The van der Waals surface area contributed by atoms with Crippen molar-refractivity contribution < 1.29 is 17.9 Å². The monoisotopic (exact) mass is 408 g/mol. The Bertz CT molecular complexity index is 769. The van der Waals surface area contributed by atoms with Crippen LogP contribution in [0.2, 0.25) is 0 Å². The highest BCUT2D eigenvalue weighted by molar-refractivity contribution is 7.89. The van der Waals surface area contributed by atoms with Gasteiger partial charge in [0.05, 0.1) is 7.11 Å². The average Bonchev–Trinajstić information content (AvgIpc) is 2.72. The molecule has 0 bridgehead atoms. The molecule has 0 aromatic heterocycles. The van der Waals surface area contributed by atoms with E-state index in [1.54, 1.807) is 24.3 Å². The summed E-state index contributed by atoms with van der Waals surface area (Å²) in [5.41, 5.74) is 0.650. The van der Waals surface area contributed by atoms with Crippen LogP contribution in [-0.4, -0.2) is 45.4 Å². The molecule has 1 N–H and O–H groups in total. The number of methoxy groups -OCH3 is 1. The molecule has 0 atom stereocenters. The van der Waals surface area contributed by atoms with E-state index < -0.39 is 10.0 Å². The van der Waals surface area contributed by atoms with Gasteiger partial charge in [-0.2, -0.15) is 4.31 Å². The van der Waals surface area contributed by atoms with Crippen molar-refractivity contribution in [1.29, 1.82) is 0 Å². The van der Waals surface area contributed by atoms with Gasteiger partial charge in [0.2, 0.25) is 15.9 Å². The minimum atomic E-state index is -3.62. The molecule has 1 amide bonds. The number of ether oxygens (including phenoxy) is 1. The van der Waals surface area contributed by atoms with E-state index in [1.807, 2.05) is 0 Å². The fourth-order valence-electron chi connectivity index (χ4n) is 3.24. The van der Waals surface area contributed by atoms with Crippen LogP contribution < -0.4 is 10.1 Å². The predicted octanol–water partition coefficient (Wildman–Crippen LogP) is 3.58. The Kier molecular flexibility index (Phi) is 8.99. The third-order valence-corrected chi connectivity index (χ3v) is 6.80. The summed E-state index contributed by atoms with van der Waals surface area (Å²) in [6.45, 7) is 3.87. The van der Waals surface area contributed by atoms with E-state index in [4.69, 9.17) is 4.74 Å². The molecule has 0 unspecified atom stereocenters. The number of sulfonamides is 1. The molecule has 0 radical (unpaired) electrons. The molecule has 1 aliphatic heterocycles. The van der Waals surface area contributed by atoms with Crippen LogP contribution in [0, 0.1) is 0 Å². The summed E-state index contributed by atoms with van der Waals surface area (Å²) < 4.78 is 32.9. The van der Waals surface area contributed by atoms with E-state index in [0.29, 0.717) is 30.9 Å². The quantitative estimate of drug-likeness (QED) is 0.474. The Hall–Kier alpha value is -1.86. The van der Waals surface area contributed by atoms with Crippen molar-refractivity contribution in [3.63, 3.8) is 0 Å². The summed E-state index contributed by atoms with van der Waals surface area (Å²) in [4.78, 5) is 12.1. The topological polar surface area (TPSA) is 75.7 Å². The highest BCUT2D eigenvalue weighted by Gasteiger charge is 2.28. The lowest BCUT2D eigenvalue weighted by molar-refractivity contribution is -0.116. The van der Waals surface area contributed by atoms with Gasteiger partial charge in [-0.25, -0.2) is 8.42 Å². The van der Waals surface area contributed by atoms with Crippen LogP contribution in [0.1, 0.15) is 57.4 Å². The lowest BCUT2D eigenvalue weighted by Crippen LogP contribution is -2.35. The first-order valence-corrected chi connectivity index (χ1v) is 11.6. The molecule has 1 fully saturated rings. The Morgan fingerprint density at radius 3 is 2.61 bits per heavy atom. The Labute approximate surface area is 169 Å². The molecular weight excluding hydrogens is 376 g/mol. The number of carbonyl (C=O) groups is 1. The number of rotatable bonds is 10. The van der Waals surface area contributed by atoms with Crippen LogP contribution in [-0.2, 0) is 14.8 Å². The fraction of sp³-hybridized carbons (Fsp3) is 0.571. The molecule has 1 aromatic carbocycles. The summed E-state index contributed by atoms with van der Waals surface area (Å²) in [6, 6.07) is 4.96. The van der Waals surface area contributed by atoms with E-state index in [0.717, 1.165) is 38.5 Å². The second-order valence-corrected chi connectivity index (χ2v) is 8.97. The van der Waals surface area contributed by atoms with Gasteiger partial charge in [-0.05, 0) is 43.0 Å². The number of carbonyl (C=O) groups excluding carboxylic acids is 1. The number of hydrogen-bond donors (Lipinski definition) is 1. The van der Waals surface area contributed by atoms with E-state index in [9.17, 15) is 13.2 Å². The van der Waals surface area contributed by atoms with Crippen molar-refractivity contribution in [2.45, 2.75) is 56.8 Å². The molecule has 7 heteroatoms. The van der Waals surface area contributed by atoms with Gasteiger partial charge in [0, 0.05) is 25.7 Å². The molecule has 0 saturated carbocycles. The van der Waals surface area contributed by atoms with Gasteiger partial charge in [0.1, 0.15) is 10.6 Å². The lowest BCUT2D eigenvalue weighted by atomic mass is 10.2. The highest BCUT2D eigenvalue weighted by atomic mass is 32.2. The van der Waals surface area contributed by atoms with E-state index >= 15 is 0 Å². The molecule has 0 spiro atoms. The number of hydrogen-bond acceptors (Lipinski definition) is 4. The smallest absolute Gasteiger partial charge is 0.246 e. The van der Waals surface area contributed by atoms with E-state index in [1.165, 1.54) is 23.9 Å². The van der Waals surface area contributed by atoms with Crippen molar-refractivity contribution >= 4 is 22.0 Å². The van der Waals surface area contributed by atoms with Crippen LogP contribution in [0.4, 0.5) is 0 Å². The average molecular weight is 409 g/mol. The summed E-state index contributed by atoms with van der Waals surface area (Å²) in [6.07, 6.45) is 10.3. The third-order valence-electron chi connectivity index (χ3n) is 4.88. The van der Waals surface area contributed by atoms with Crippen molar-refractivity contribution in [2.24, 2.45) is 0 Å². The zero-order valence-electron chi connectivity index (χ0n) is 16.9. The van der Waals surface area contributed by atoms with Gasteiger partial charge in [-0.15, -0.1) is 0 Å². The molecule has 2 rings (SSSR count). The van der Waals surface area contributed by atoms with Gasteiger partial charge in [-0.1, -0.05) is 38.7 Å². The van der Waals surface area contributed by atoms with E-state index in [2.05, 4.69) is 12.2 Å². The zero-order chi connectivity index (χ0) is 20.4. The minimum Gasteiger partial charge on any atom is -0.495 e. The molecular formula is C21H32N2O4S. The third kappa shape index (κ3) is 6.34. The van der Waals surface area contributed by atoms with Crippen LogP contribution in [0.5, 0.6) is 5.75 Å². The SMILES string of the molecule is CCCCCCNC(=O)/C=C/c1ccc(OC)c(S(=O)(=O)N2CCCCC2)c1. The van der Waals surface area contributed by atoms with Crippen molar-refractivity contribution in [1.82, 2.24) is 9.62 Å². The largest absolute Gasteiger partial charge is 0.495 e. The van der Waals surface area contributed by atoms with Gasteiger partial charge in [-0.3, -0.25) is 4.79 Å². The van der Waals surface area contributed by atoms with Crippen molar-refractivity contribution in [2.75, 3.05) is 26.7 Å². The zero-order valence-corrected chi connectivity index (χ0v) is 17.8. The van der Waals surface area contributed by atoms with Crippen molar-refractivity contribution in [3.8, 4) is 5.75 Å². The van der Waals surface area contributed by atoms with Gasteiger partial charge in [0.25, 0.3) is 0 Å². The number of unbranched alkanes of at least 4 members (excludes halogenated alkanes) is 3. The summed E-state index contributed by atoms with van der Waals surface area (Å²) in [5, 5.41) is 2.85. The van der Waals surface area contributed by atoms with Crippen LogP contribution in [0.3, 0.4) is 0 Å². The summed E-state index contributed by atoms with van der Waals surface area (Å²) in [7, 11) is -2.15. The van der Waals surface area contributed by atoms with Crippen LogP contribution in [0.15, 0.2) is 29.2 Å². The highest BCUT2D eigenvalue weighted by Crippen LogP contribution is 2.29. The van der Waals surface area contributed by atoms with Crippen LogP contribution in [0.25, 0.3) is 6.08 Å². The molecule has 1 heterocycles. The lowest BCUT2D eigenvalue weighted by Gasteiger charge is -2.26. The number of benzene rings is 1. The molecule has 28 heavy (non-hydrogen) atoms. The first kappa shape index (κ1) is 22.4. The van der Waals surface area contributed by atoms with Gasteiger partial charge in [0.15, 0.2) is 0 Å².